The molecule has 0 spiro atoms. The van der Waals surface area contributed by atoms with E-state index in [-0.39, 0.29) is 32.5 Å². The monoisotopic (exact) mass is 709 g/mol. The largest absolute Gasteiger partial charge is 0.463 e. The van der Waals surface area contributed by atoms with Gasteiger partial charge in [-0.15, -0.1) is 0 Å². The van der Waals surface area contributed by atoms with Crippen molar-refractivity contribution in [1.82, 2.24) is 15.8 Å². The van der Waals surface area contributed by atoms with Gasteiger partial charge in [0.25, 0.3) is 0 Å². The first kappa shape index (κ1) is 41.4. The summed E-state index contributed by atoms with van der Waals surface area (Å²) in [7, 11) is 0. The first-order valence-electron chi connectivity index (χ1n) is 15.9. The van der Waals surface area contributed by atoms with Crippen molar-refractivity contribution in [2.24, 2.45) is 0 Å². The van der Waals surface area contributed by atoms with Gasteiger partial charge in [-0.3, -0.25) is 34.2 Å². The van der Waals surface area contributed by atoms with Crippen LogP contribution in [-0.4, -0.2) is 109 Å². The molecule has 1 aromatic carbocycles. The summed E-state index contributed by atoms with van der Waals surface area (Å²) in [6.07, 6.45) is -7.26. The van der Waals surface area contributed by atoms with Crippen molar-refractivity contribution < 1.29 is 66.7 Å². The third-order valence-corrected chi connectivity index (χ3v) is 6.63. The van der Waals surface area contributed by atoms with Gasteiger partial charge in [0.05, 0.1) is 0 Å². The number of amides is 2. The third kappa shape index (κ3) is 16.1. The minimum atomic E-state index is -1.37. The minimum absolute atomic E-state index is 0.0434. The Kier molecular flexibility index (Phi) is 16.6. The lowest BCUT2D eigenvalue weighted by molar-refractivity contribution is -0.253. The van der Waals surface area contributed by atoms with Crippen LogP contribution in [0, 0.1) is 0 Å². The van der Waals surface area contributed by atoms with Crippen LogP contribution in [0.15, 0.2) is 30.3 Å². The lowest BCUT2D eigenvalue weighted by Crippen LogP contribution is -2.62. The number of carbonyl (C=O) groups excluding carboxylic acids is 7. The summed E-state index contributed by atoms with van der Waals surface area (Å²) in [6.45, 7) is 8.55. The quantitative estimate of drug-likeness (QED) is 0.141. The van der Waals surface area contributed by atoms with Gasteiger partial charge in [0.2, 0.25) is 5.91 Å². The second-order valence-electron chi connectivity index (χ2n) is 12.3. The molecule has 2 rings (SSSR count). The maximum absolute atomic E-state index is 12.9. The number of carbonyl (C=O) groups is 7. The first-order valence-corrected chi connectivity index (χ1v) is 15.9. The van der Waals surface area contributed by atoms with Gasteiger partial charge >= 0.3 is 35.9 Å². The third-order valence-electron chi connectivity index (χ3n) is 6.63. The zero-order valence-electron chi connectivity index (χ0n) is 29.4. The predicted molar refractivity (Wildman–Crippen MR) is 171 cm³/mol. The highest BCUT2D eigenvalue weighted by molar-refractivity contribution is 5.77. The van der Waals surface area contributed by atoms with Crippen LogP contribution in [0.1, 0.15) is 66.9 Å². The molecule has 2 N–H and O–H groups in total. The summed E-state index contributed by atoms with van der Waals surface area (Å²) in [5, 5.41) is 3.73. The van der Waals surface area contributed by atoms with Crippen LogP contribution < -0.4 is 10.7 Å². The number of nitrogens with zero attached hydrogens (tertiary/aromatic N) is 1. The molecule has 0 aromatic heterocycles. The van der Waals surface area contributed by atoms with Crippen molar-refractivity contribution in [2.75, 3.05) is 26.2 Å². The number of benzene rings is 1. The zero-order chi connectivity index (χ0) is 37.4. The molecule has 0 radical (unpaired) electrons. The molecule has 0 saturated carbocycles. The number of hydrogen-bond acceptors (Lipinski definition) is 15. The highest BCUT2D eigenvalue weighted by Crippen LogP contribution is 2.31. The van der Waals surface area contributed by atoms with E-state index in [1.54, 1.807) is 45.0 Å². The van der Waals surface area contributed by atoms with Crippen molar-refractivity contribution in [3.05, 3.63) is 35.9 Å². The van der Waals surface area contributed by atoms with Gasteiger partial charge in [-0.2, -0.15) is 0 Å². The maximum atomic E-state index is 12.9. The van der Waals surface area contributed by atoms with E-state index >= 15 is 0 Å². The second kappa shape index (κ2) is 20.0. The Hall–Kier alpha value is -4.77. The summed E-state index contributed by atoms with van der Waals surface area (Å²) in [4.78, 5) is 85.7. The fourth-order valence-electron chi connectivity index (χ4n) is 4.82. The number of hydrazine groups is 1. The molecule has 2 amide bonds. The molecule has 1 saturated heterocycles. The Morgan fingerprint density at radius 1 is 0.780 bits per heavy atom. The molecule has 0 aliphatic carbocycles. The standard InChI is InChI=1S/C33H47N3O14/c1-20(37)44-19-26-30(47-22(3)39)31(48-23(4)40)29(46-21(2)38)25(49-26)14-16-36(17-28(42)50-33(5,6)7)35-27(41)13-15-34-32(43)45-18-24-11-9-8-10-12-24/h8-12,25-26,29-31H,13-19H2,1-7H3,(H,34,43)(H,35,41)/t25-,26-,29+,30+,31-/m1/s1. The zero-order valence-corrected chi connectivity index (χ0v) is 29.4. The molecule has 278 valence electrons. The van der Waals surface area contributed by atoms with Crippen molar-refractivity contribution in [1.29, 1.82) is 0 Å². The molecule has 1 aromatic rings. The number of nitrogens with one attached hydrogen (secondary N) is 2. The van der Waals surface area contributed by atoms with Crippen molar-refractivity contribution in [3.63, 3.8) is 0 Å². The van der Waals surface area contributed by atoms with Crippen LogP contribution in [0.3, 0.4) is 0 Å². The van der Waals surface area contributed by atoms with Crippen molar-refractivity contribution >= 4 is 41.8 Å². The van der Waals surface area contributed by atoms with Crippen LogP contribution in [0.5, 0.6) is 0 Å². The van der Waals surface area contributed by atoms with Gasteiger partial charge in [0.15, 0.2) is 18.3 Å². The van der Waals surface area contributed by atoms with E-state index in [1.807, 2.05) is 6.07 Å². The molecule has 1 aliphatic heterocycles. The number of esters is 5. The Morgan fingerprint density at radius 2 is 1.36 bits per heavy atom. The van der Waals surface area contributed by atoms with Gasteiger partial charge in [-0.05, 0) is 32.8 Å². The molecule has 0 unspecified atom stereocenters. The highest BCUT2D eigenvalue weighted by atomic mass is 16.7. The second-order valence-corrected chi connectivity index (χ2v) is 12.3. The summed E-state index contributed by atoms with van der Waals surface area (Å²) >= 11 is 0. The molecular weight excluding hydrogens is 662 g/mol. The molecule has 50 heavy (non-hydrogen) atoms. The number of ether oxygens (including phenoxy) is 7. The first-order chi connectivity index (χ1) is 23.4. The Labute approximate surface area is 290 Å². The maximum Gasteiger partial charge on any atom is 0.407 e. The molecule has 1 heterocycles. The molecule has 1 fully saturated rings. The molecule has 17 nitrogen and oxygen atoms in total. The van der Waals surface area contributed by atoms with E-state index < -0.39 is 91.1 Å². The lowest BCUT2D eigenvalue weighted by atomic mass is 9.92. The van der Waals surface area contributed by atoms with Crippen LogP contribution in [0.2, 0.25) is 0 Å². The van der Waals surface area contributed by atoms with Crippen LogP contribution >= 0.6 is 0 Å². The smallest absolute Gasteiger partial charge is 0.407 e. The predicted octanol–water partition coefficient (Wildman–Crippen LogP) is 1.49. The molecule has 5 atom stereocenters. The van der Waals surface area contributed by atoms with E-state index in [0.717, 1.165) is 33.3 Å². The lowest BCUT2D eigenvalue weighted by Gasteiger charge is -2.44. The average Bonchev–Trinajstić information content (AvgIpc) is 2.99. The Bertz CT molecular complexity index is 1330. The molecule has 1 aliphatic rings. The number of rotatable bonds is 16. The molecule has 0 bridgehead atoms. The topological polar surface area (TPSA) is 211 Å². The van der Waals surface area contributed by atoms with E-state index in [4.69, 9.17) is 33.2 Å². The SMILES string of the molecule is CC(=O)OC[C@H]1O[C@H](CCN(CC(=O)OC(C)(C)C)NC(=O)CCNC(=O)OCc2ccccc2)[C@H](OC(C)=O)[C@@H](OC(C)=O)[C@H]1OC(C)=O. The van der Waals surface area contributed by atoms with E-state index in [0.29, 0.717) is 0 Å². The van der Waals surface area contributed by atoms with Gasteiger partial charge in [-0.25, -0.2) is 9.80 Å². The number of hydrogen-bond donors (Lipinski definition) is 2. The Balaban J connectivity index is 2.21. The van der Waals surface area contributed by atoms with E-state index in [9.17, 15) is 33.6 Å². The van der Waals surface area contributed by atoms with E-state index in [2.05, 4.69) is 10.7 Å². The van der Waals surface area contributed by atoms with Gasteiger partial charge in [0, 0.05) is 47.2 Å². The van der Waals surface area contributed by atoms with Crippen LogP contribution in [-0.2, 0) is 68.5 Å². The fraction of sp³-hybridized carbons (Fsp3) is 0.606. The van der Waals surface area contributed by atoms with Crippen molar-refractivity contribution in [3.8, 4) is 0 Å². The van der Waals surface area contributed by atoms with Gasteiger partial charge in [0.1, 0.15) is 37.6 Å². The number of alkyl carbamates (subject to hydrolysis) is 1. The van der Waals surface area contributed by atoms with Crippen LogP contribution in [0.25, 0.3) is 0 Å². The van der Waals surface area contributed by atoms with Crippen molar-refractivity contribution in [2.45, 2.75) is 104 Å². The fourth-order valence-corrected chi connectivity index (χ4v) is 4.82. The normalized spacial score (nSPS) is 20.1. The summed E-state index contributed by atoms with van der Waals surface area (Å²) < 4.78 is 38.1. The minimum Gasteiger partial charge on any atom is -0.463 e. The highest BCUT2D eigenvalue weighted by Gasteiger charge is 2.52. The van der Waals surface area contributed by atoms with Gasteiger partial charge < -0.3 is 38.5 Å². The summed E-state index contributed by atoms with van der Waals surface area (Å²) in [5.74, 6) is -4.24. The summed E-state index contributed by atoms with van der Waals surface area (Å²) in [6, 6.07) is 9.03. The Morgan fingerprint density at radius 3 is 1.92 bits per heavy atom. The molecular formula is C33H47N3O14. The average molecular weight is 710 g/mol. The molecule has 17 heteroatoms. The van der Waals surface area contributed by atoms with Crippen LogP contribution in [0.4, 0.5) is 4.79 Å². The summed E-state index contributed by atoms with van der Waals surface area (Å²) in [5.41, 5.74) is 2.55. The van der Waals surface area contributed by atoms with E-state index in [1.165, 1.54) is 5.01 Å². The van der Waals surface area contributed by atoms with Gasteiger partial charge in [-0.1, -0.05) is 30.3 Å².